The number of ether oxygens (including phenoxy) is 1. The topological polar surface area (TPSA) is 49.8 Å². The molecule has 0 radical (unpaired) electrons. The van der Waals surface area contributed by atoms with Gasteiger partial charge in [-0.25, -0.2) is 0 Å². The Labute approximate surface area is 63.5 Å². The highest BCUT2D eigenvalue weighted by Gasteiger charge is 2.40. The van der Waals surface area contributed by atoms with Gasteiger partial charge in [-0.2, -0.15) is 0 Å². The first-order valence-electron chi connectivity index (χ1n) is 3.35. The molecule has 0 bridgehead atoms. The molecule has 1 rings (SSSR count). The van der Waals surface area contributed by atoms with E-state index in [1.165, 1.54) is 7.11 Å². The van der Waals surface area contributed by atoms with Gasteiger partial charge in [-0.1, -0.05) is 0 Å². The number of hydrogen-bond donors (Lipinski definition) is 1. The molecule has 2 atom stereocenters. The number of methoxy groups -OCH3 is 1. The van der Waals surface area contributed by atoms with Crippen LogP contribution in [0.25, 0.3) is 0 Å². The summed E-state index contributed by atoms with van der Waals surface area (Å²) in [6.07, 6.45) is -0.0817. The van der Waals surface area contributed by atoms with E-state index in [0.29, 0.717) is 11.5 Å². The number of carboxylic acids is 1. The van der Waals surface area contributed by atoms with Crippen molar-refractivity contribution in [2.45, 2.75) is 18.6 Å². The zero-order valence-corrected chi connectivity index (χ0v) is 6.16. The molecule has 0 aromatic carbocycles. The predicted molar refractivity (Wildman–Crippen MR) is 34.7 cm³/mol. The van der Waals surface area contributed by atoms with Crippen molar-refractivity contribution in [2.75, 3.05) is 13.7 Å². The molecule has 64 valence electrons. The van der Waals surface area contributed by atoms with Gasteiger partial charge in [0.05, 0.1) is 6.10 Å². The van der Waals surface area contributed by atoms with E-state index in [4.69, 9.17) is 9.84 Å². The number of aliphatic carboxylic acids is 1. The van der Waals surface area contributed by atoms with Crippen LogP contribution >= 0.6 is 0 Å². The Morgan fingerprint density at radius 3 is 2.82 bits per heavy atom. The Hall–Kier alpha value is -0.680. The minimum absolute atomic E-state index is 0.134. The molecule has 4 nitrogen and oxygen atoms in total. The number of carboxylic acid groups (broad SMARTS) is 1. The summed E-state index contributed by atoms with van der Waals surface area (Å²) in [6, 6.07) is -1.13. The molecule has 0 saturated carbocycles. The highest BCUT2D eigenvalue weighted by Crippen LogP contribution is 2.20. The highest BCUT2D eigenvalue weighted by atomic mass is 19.2. The van der Waals surface area contributed by atoms with Crippen molar-refractivity contribution < 1.29 is 19.1 Å². The van der Waals surface area contributed by atoms with Crippen molar-refractivity contribution in [3.63, 3.8) is 0 Å². The lowest BCUT2D eigenvalue weighted by Crippen LogP contribution is -2.38. The van der Waals surface area contributed by atoms with Crippen molar-refractivity contribution in [1.29, 1.82) is 0 Å². The second kappa shape index (κ2) is 3.15. The fraction of sp³-hybridized carbons (Fsp3) is 0.833. The molecule has 0 aromatic rings. The van der Waals surface area contributed by atoms with E-state index in [1.807, 2.05) is 0 Å². The molecular weight excluding hydrogens is 153 g/mol. The Morgan fingerprint density at radius 1 is 1.82 bits per heavy atom. The molecule has 5 heteroatoms. The molecule has 1 aliphatic rings. The zero-order valence-electron chi connectivity index (χ0n) is 6.16. The maximum Gasteiger partial charge on any atom is 0.326 e. The van der Waals surface area contributed by atoms with Gasteiger partial charge in [0.25, 0.3) is 0 Å². The van der Waals surface area contributed by atoms with Gasteiger partial charge in [-0.05, 0) is 6.42 Å². The monoisotopic (exact) mass is 163 g/mol. The van der Waals surface area contributed by atoms with E-state index in [9.17, 15) is 9.28 Å². The average molecular weight is 163 g/mol. The van der Waals surface area contributed by atoms with Crippen molar-refractivity contribution in [2.24, 2.45) is 0 Å². The molecule has 0 aliphatic carbocycles. The average Bonchev–Trinajstić information content (AvgIpc) is 2.30. The maximum absolute atomic E-state index is 12.6. The number of rotatable bonds is 2. The normalized spacial score (nSPS) is 32.5. The molecule has 1 fully saturated rings. The molecular formula is C6H10FNO3. The summed E-state index contributed by atoms with van der Waals surface area (Å²) in [5.41, 5.74) is 0. The fourth-order valence-electron chi connectivity index (χ4n) is 1.25. The quantitative estimate of drug-likeness (QED) is 0.584. The van der Waals surface area contributed by atoms with Gasteiger partial charge in [0, 0.05) is 13.7 Å². The van der Waals surface area contributed by atoms with Crippen LogP contribution in [0.5, 0.6) is 0 Å². The first-order valence-corrected chi connectivity index (χ1v) is 3.35. The molecule has 0 amide bonds. The zero-order chi connectivity index (χ0) is 8.43. The fourth-order valence-corrected chi connectivity index (χ4v) is 1.25. The lowest BCUT2D eigenvalue weighted by Gasteiger charge is -2.15. The third kappa shape index (κ3) is 1.49. The van der Waals surface area contributed by atoms with Crippen LogP contribution in [0.4, 0.5) is 4.48 Å². The van der Waals surface area contributed by atoms with Crippen LogP contribution in [-0.4, -0.2) is 42.0 Å². The maximum atomic E-state index is 12.6. The van der Waals surface area contributed by atoms with E-state index in [-0.39, 0.29) is 6.54 Å². The van der Waals surface area contributed by atoms with Crippen LogP contribution in [0.1, 0.15) is 6.42 Å². The summed E-state index contributed by atoms with van der Waals surface area (Å²) in [5.74, 6) is -1.17. The van der Waals surface area contributed by atoms with Crippen LogP contribution in [0.15, 0.2) is 0 Å². The van der Waals surface area contributed by atoms with Gasteiger partial charge < -0.3 is 9.84 Å². The highest BCUT2D eigenvalue weighted by molar-refractivity contribution is 5.74. The van der Waals surface area contributed by atoms with Crippen LogP contribution in [-0.2, 0) is 9.53 Å². The van der Waals surface area contributed by atoms with Gasteiger partial charge in [-0.3, -0.25) is 4.79 Å². The Kier molecular flexibility index (Phi) is 2.41. The van der Waals surface area contributed by atoms with Crippen LogP contribution in [0.2, 0.25) is 0 Å². The lowest BCUT2D eigenvalue weighted by atomic mass is 10.2. The lowest BCUT2D eigenvalue weighted by molar-refractivity contribution is -0.153. The second-order valence-corrected chi connectivity index (χ2v) is 2.47. The Bertz CT molecular complexity index is 164. The first kappa shape index (κ1) is 8.42. The van der Waals surface area contributed by atoms with Crippen molar-refractivity contribution in [1.82, 2.24) is 5.12 Å². The SMILES string of the molecule is COC1CCN(F)C1C(=O)O. The summed E-state index contributed by atoms with van der Waals surface area (Å²) < 4.78 is 17.4. The third-order valence-electron chi connectivity index (χ3n) is 1.84. The van der Waals surface area contributed by atoms with Gasteiger partial charge in [0.15, 0.2) is 6.04 Å². The largest absolute Gasteiger partial charge is 0.480 e. The number of carbonyl (C=O) groups is 1. The summed E-state index contributed by atoms with van der Waals surface area (Å²) in [4.78, 5) is 10.4. The number of nitrogens with zero attached hydrogens (tertiary/aromatic N) is 1. The van der Waals surface area contributed by atoms with Crippen LogP contribution in [0, 0.1) is 0 Å². The minimum atomic E-state index is -1.17. The predicted octanol–water partition coefficient (Wildman–Crippen LogP) is 0.0448. The van der Waals surface area contributed by atoms with Crippen LogP contribution < -0.4 is 0 Å². The summed E-state index contributed by atoms with van der Waals surface area (Å²) in [5, 5.41) is 8.83. The van der Waals surface area contributed by atoms with Gasteiger partial charge in [0.1, 0.15) is 0 Å². The van der Waals surface area contributed by atoms with E-state index >= 15 is 0 Å². The summed E-state index contributed by atoms with van der Waals surface area (Å²) in [6.45, 7) is 0.134. The van der Waals surface area contributed by atoms with E-state index in [2.05, 4.69) is 0 Å². The molecule has 11 heavy (non-hydrogen) atoms. The second-order valence-electron chi connectivity index (χ2n) is 2.47. The van der Waals surface area contributed by atoms with Gasteiger partial charge in [-0.15, -0.1) is 9.60 Å². The molecule has 0 aromatic heterocycles. The standard InChI is InChI=1S/C6H10FNO3/c1-11-4-2-3-8(7)5(4)6(9)10/h4-5H,2-3H2,1H3,(H,9,10). The van der Waals surface area contributed by atoms with Crippen LogP contribution in [0.3, 0.4) is 0 Å². The van der Waals surface area contributed by atoms with Gasteiger partial charge in [0.2, 0.25) is 0 Å². The first-order chi connectivity index (χ1) is 5.16. The molecule has 0 spiro atoms. The number of hydrogen-bond acceptors (Lipinski definition) is 3. The molecule has 1 aliphatic heterocycles. The van der Waals surface area contributed by atoms with E-state index in [0.717, 1.165) is 0 Å². The summed E-state index contributed by atoms with van der Waals surface area (Å²) in [7, 11) is 1.39. The third-order valence-corrected chi connectivity index (χ3v) is 1.84. The van der Waals surface area contributed by atoms with E-state index < -0.39 is 18.1 Å². The number of halogens is 1. The molecule has 2 unspecified atom stereocenters. The van der Waals surface area contributed by atoms with Crippen molar-refractivity contribution >= 4 is 5.97 Å². The molecule has 1 N–H and O–H groups in total. The van der Waals surface area contributed by atoms with Crippen molar-refractivity contribution in [3.8, 4) is 0 Å². The Balaban J connectivity index is 2.63. The minimum Gasteiger partial charge on any atom is -0.480 e. The Morgan fingerprint density at radius 2 is 2.45 bits per heavy atom. The summed E-state index contributed by atoms with van der Waals surface area (Å²) >= 11 is 0. The van der Waals surface area contributed by atoms with Gasteiger partial charge >= 0.3 is 5.97 Å². The van der Waals surface area contributed by atoms with Crippen molar-refractivity contribution in [3.05, 3.63) is 0 Å². The smallest absolute Gasteiger partial charge is 0.326 e. The molecule has 1 saturated heterocycles. The molecule has 1 heterocycles. The van der Waals surface area contributed by atoms with E-state index in [1.54, 1.807) is 0 Å².